The van der Waals surface area contributed by atoms with Crippen molar-refractivity contribution in [2.75, 3.05) is 0 Å². The lowest BCUT2D eigenvalue weighted by Crippen LogP contribution is -2.18. The highest BCUT2D eigenvalue weighted by Crippen LogP contribution is 2.34. The van der Waals surface area contributed by atoms with Crippen LogP contribution in [0.4, 0.5) is 26.3 Å². The fourth-order valence-electron chi connectivity index (χ4n) is 4.48. The van der Waals surface area contributed by atoms with E-state index >= 15 is 0 Å². The van der Waals surface area contributed by atoms with Crippen LogP contribution >= 0.6 is 0 Å². The highest BCUT2D eigenvalue weighted by molar-refractivity contribution is 5.94. The Balaban J connectivity index is 1.73. The van der Waals surface area contributed by atoms with Crippen LogP contribution in [0.15, 0.2) is 60.9 Å². The Bertz CT molecular complexity index is 1650. The molecule has 0 spiro atoms. The van der Waals surface area contributed by atoms with Crippen LogP contribution in [0.5, 0.6) is 0 Å². The summed E-state index contributed by atoms with van der Waals surface area (Å²) in [7, 11) is 0. The van der Waals surface area contributed by atoms with Crippen LogP contribution in [-0.4, -0.2) is 26.5 Å². The van der Waals surface area contributed by atoms with Gasteiger partial charge in [-0.2, -0.15) is 18.3 Å². The topological polar surface area (TPSA) is 90.9 Å². The van der Waals surface area contributed by atoms with Gasteiger partial charge in [0.1, 0.15) is 17.5 Å². The number of alkyl halides is 3. The molecule has 1 atom stereocenters. The van der Waals surface area contributed by atoms with Gasteiger partial charge >= 0.3 is 6.18 Å². The van der Waals surface area contributed by atoms with Crippen LogP contribution in [0.3, 0.4) is 0 Å². The first-order valence-corrected chi connectivity index (χ1v) is 12.0. The van der Waals surface area contributed by atoms with Crippen molar-refractivity contribution in [3.05, 3.63) is 106 Å². The first-order valence-electron chi connectivity index (χ1n) is 12.0. The summed E-state index contributed by atoms with van der Waals surface area (Å²) in [6.45, 7) is -0.580. The first-order chi connectivity index (χ1) is 19.3. The van der Waals surface area contributed by atoms with E-state index < -0.39 is 59.0 Å². The average molecular weight is 570 g/mol. The monoisotopic (exact) mass is 570 g/mol. The summed E-state index contributed by atoms with van der Waals surface area (Å²) in [5.41, 5.74) is 4.18. The van der Waals surface area contributed by atoms with Crippen LogP contribution in [0, 0.1) is 29.8 Å². The van der Waals surface area contributed by atoms with Gasteiger partial charge in [0.05, 0.1) is 23.4 Å². The largest absolute Gasteiger partial charge is 0.436 e. The standard InChI is InChI=1S/C29H20F6N4O2/c1-2-17-14-39(38-27(17)29(33,34)35)15-22(40)11-19(8-16-9-20(30)13-21(31)10-16)26-23(4-3-7-37-26)18-5-6-25(32)24(12-18)28(36)41/h1,3-7,9-10,12-14,19H,8,11,15H2,(H2,36,41)/t19-/m1/s1. The number of ketones is 1. The van der Waals surface area contributed by atoms with E-state index in [1.807, 2.05) is 5.92 Å². The number of nitrogens with two attached hydrogens (primary N) is 1. The summed E-state index contributed by atoms with van der Waals surface area (Å²) in [6.07, 6.45) is 2.22. The number of benzene rings is 2. The maximum absolute atomic E-state index is 14.1. The van der Waals surface area contributed by atoms with E-state index in [9.17, 15) is 35.9 Å². The van der Waals surface area contributed by atoms with Crippen LogP contribution in [-0.2, 0) is 23.9 Å². The number of primary amides is 1. The third kappa shape index (κ3) is 6.81. The van der Waals surface area contributed by atoms with Gasteiger partial charge in [0.2, 0.25) is 0 Å². The van der Waals surface area contributed by atoms with E-state index in [2.05, 4.69) is 10.1 Å². The Morgan fingerprint density at radius 3 is 2.37 bits per heavy atom. The third-order valence-electron chi connectivity index (χ3n) is 6.17. The molecule has 0 aliphatic heterocycles. The van der Waals surface area contributed by atoms with Gasteiger partial charge in [-0.25, -0.2) is 13.2 Å². The van der Waals surface area contributed by atoms with Gasteiger partial charge in [-0.05, 0) is 47.9 Å². The molecule has 210 valence electrons. The van der Waals surface area contributed by atoms with Gasteiger partial charge in [-0.1, -0.05) is 18.1 Å². The van der Waals surface area contributed by atoms with E-state index in [-0.39, 0.29) is 29.7 Å². The van der Waals surface area contributed by atoms with Gasteiger partial charge in [-0.15, -0.1) is 6.42 Å². The molecular formula is C29H20F6N4O2. The zero-order chi connectivity index (χ0) is 29.9. The van der Waals surface area contributed by atoms with E-state index in [1.165, 1.54) is 18.3 Å². The van der Waals surface area contributed by atoms with Crippen molar-refractivity contribution in [2.24, 2.45) is 5.73 Å². The number of hydrogen-bond acceptors (Lipinski definition) is 4. The second-order valence-electron chi connectivity index (χ2n) is 9.15. The molecule has 2 aromatic carbocycles. The molecule has 2 aromatic heterocycles. The molecule has 2 N–H and O–H groups in total. The molecule has 0 radical (unpaired) electrons. The first kappa shape index (κ1) is 29.1. The number of aromatic nitrogens is 3. The Hall–Kier alpha value is -4.92. The van der Waals surface area contributed by atoms with Crippen LogP contribution in [0.25, 0.3) is 11.1 Å². The number of nitrogens with zero attached hydrogens (tertiary/aromatic N) is 3. The molecule has 0 aliphatic rings. The molecule has 0 saturated carbocycles. The van der Waals surface area contributed by atoms with Gasteiger partial charge in [0.25, 0.3) is 5.91 Å². The molecule has 12 heteroatoms. The molecule has 4 rings (SSSR count). The molecule has 6 nitrogen and oxygen atoms in total. The summed E-state index contributed by atoms with van der Waals surface area (Å²) in [5, 5.41) is 3.41. The lowest BCUT2D eigenvalue weighted by molar-refractivity contribution is -0.142. The fraction of sp³-hybridized carbons (Fsp3) is 0.172. The number of Topliss-reactive ketones (excluding diaryl/α,β-unsaturated/α-hetero) is 1. The van der Waals surface area contributed by atoms with E-state index in [0.717, 1.165) is 29.1 Å². The van der Waals surface area contributed by atoms with E-state index in [0.29, 0.717) is 17.2 Å². The van der Waals surface area contributed by atoms with Crippen LogP contribution in [0.2, 0.25) is 0 Å². The Morgan fingerprint density at radius 2 is 1.76 bits per heavy atom. The minimum absolute atomic E-state index is 0.100. The normalized spacial score (nSPS) is 12.1. The van der Waals surface area contributed by atoms with Gasteiger partial charge < -0.3 is 5.73 Å². The van der Waals surface area contributed by atoms with Crippen molar-refractivity contribution in [1.29, 1.82) is 0 Å². The molecular weight excluding hydrogens is 550 g/mol. The molecule has 41 heavy (non-hydrogen) atoms. The number of hydrogen-bond donors (Lipinski definition) is 1. The third-order valence-corrected chi connectivity index (χ3v) is 6.17. The molecule has 0 fully saturated rings. The van der Waals surface area contributed by atoms with Crippen molar-refractivity contribution in [1.82, 2.24) is 14.8 Å². The lowest BCUT2D eigenvalue weighted by atomic mass is 9.86. The minimum atomic E-state index is -4.83. The number of amides is 1. The lowest BCUT2D eigenvalue weighted by Gasteiger charge is -2.20. The number of rotatable bonds is 9. The second kappa shape index (κ2) is 11.7. The maximum atomic E-state index is 14.1. The van der Waals surface area contributed by atoms with Crippen LogP contribution < -0.4 is 5.73 Å². The zero-order valence-corrected chi connectivity index (χ0v) is 21.1. The Morgan fingerprint density at radius 1 is 1.05 bits per heavy atom. The predicted octanol–water partition coefficient (Wildman–Crippen LogP) is 5.45. The van der Waals surface area contributed by atoms with Crippen molar-refractivity contribution >= 4 is 11.7 Å². The molecule has 2 heterocycles. The summed E-state index contributed by atoms with van der Waals surface area (Å²) in [5.74, 6) is -3.11. The summed E-state index contributed by atoms with van der Waals surface area (Å²) in [4.78, 5) is 29.2. The fourth-order valence-corrected chi connectivity index (χ4v) is 4.48. The molecule has 0 unspecified atom stereocenters. The second-order valence-corrected chi connectivity index (χ2v) is 9.15. The molecule has 0 bridgehead atoms. The molecule has 1 amide bonds. The number of pyridine rings is 1. The number of halogens is 6. The average Bonchev–Trinajstić information content (AvgIpc) is 3.31. The van der Waals surface area contributed by atoms with E-state index in [4.69, 9.17) is 12.2 Å². The van der Waals surface area contributed by atoms with E-state index in [1.54, 1.807) is 12.1 Å². The summed E-state index contributed by atoms with van der Waals surface area (Å²) in [6, 6.07) is 9.59. The zero-order valence-electron chi connectivity index (χ0n) is 21.1. The Kier molecular flexibility index (Phi) is 8.28. The maximum Gasteiger partial charge on any atom is 0.436 e. The van der Waals surface area contributed by atoms with Gasteiger partial charge in [0, 0.05) is 36.4 Å². The van der Waals surface area contributed by atoms with Crippen LogP contribution in [0.1, 0.15) is 45.2 Å². The smallest absolute Gasteiger partial charge is 0.366 e. The van der Waals surface area contributed by atoms with Crippen molar-refractivity contribution < 1.29 is 35.9 Å². The Labute approximate surface area is 229 Å². The molecule has 4 aromatic rings. The van der Waals surface area contributed by atoms with Crippen molar-refractivity contribution in [3.8, 4) is 23.5 Å². The van der Waals surface area contributed by atoms with Gasteiger partial charge in [-0.3, -0.25) is 19.3 Å². The minimum Gasteiger partial charge on any atom is -0.366 e. The number of carbonyl (C=O) groups is 2. The van der Waals surface area contributed by atoms with Crippen molar-refractivity contribution in [2.45, 2.75) is 31.5 Å². The highest BCUT2D eigenvalue weighted by Gasteiger charge is 2.37. The van der Waals surface area contributed by atoms with Crippen molar-refractivity contribution in [3.63, 3.8) is 0 Å². The van der Waals surface area contributed by atoms with Gasteiger partial charge in [0.15, 0.2) is 11.5 Å². The predicted molar refractivity (Wildman–Crippen MR) is 136 cm³/mol. The SMILES string of the molecule is C#Cc1cn(CC(=O)C[C@@H](Cc2cc(F)cc(F)c2)c2ncccc2-c2ccc(F)c(C(N)=O)c2)nc1C(F)(F)F. The molecule has 0 saturated heterocycles. The summed E-state index contributed by atoms with van der Waals surface area (Å²) >= 11 is 0. The summed E-state index contributed by atoms with van der Waals surface area (Å²) < 4.78 is 82.6. The molecule has 0 aliphatic carbocycles. The number of terminal acetylenes is 1. The number of carbonyl (C=O) groups excluding carboxylic acids is 2. The quantitative estimate of drug-likeness (QED) is 0.214. The highest BCUT2D eigenvalue weighted by atomic mass is 19.4.